The molecule has 2 aromatic rings. The number of ether oxygens (including phenoxy) is 1. The van der Waals surface area contributed by atoms with Gasteiger partial charge in [0.1, 0.15) is 11.9 Å². The second-order valence-electron chi connectivity index (χ2n) is 7.75. The zero-order valence-electron chi connectivity index (χ0n) is 15.6. The van der Waals surface area contributed by atoms with Gasteiger partial charge in [0, 0.05) is 19.5 Å². The number of carbonyl (C=O) groups excluding carboxylic acids is 2. The Kier molecular flexibility index (Phi) is 5.15. The van der Waals surface area contributed by atoms with E-state index in [4.69, 9.17) is 4.74 Å². The van der Waals surface area contributed by atoms with Crippen molar-refractivity contribution in [2.24, 2.45) is 5.92 Å². The Morgan fingerprint density at radius 1 is 1.23 bits per heavy atom. The van der Waals surface area contributed by atoms with Crippen molar-refractivity contribution in [2.45, 2.75) is 45.6 Å². The van der Waals surface area contributed by atoms with Crippen molar-refractivity contribution in [3.05, 3.63) is 30.6 Å². The molecule has 0 spiro atoms. The van der Waals surface area contributed by atoms with Crippen LogP contribution >= 0.6 is 0 Å². The molecule has 0 saturated carbocycles. The van der Waals surface area contributed by atoms with Crippen LogP contribution in [0.3, 0.4) is 0 Å². The number of fused-ring (bicyclic) bond motifs is 1. The van der Waals surface area contributed by atoms with Crippen LogP contribution in [-0.2, 0) is 9.53 Å². The quantitative estimate of drug-likeness (QED) is 0.914. The van der Waals surface area contributed by atoms with Crippen LogP contribution in [0, 0.1) is 5.92 Å². The molecule has 1 N–H and O–H groups in total. The Bertz CT molecular complexity index is 785. The first-order valence-corrected chi connectivity index (χ1v) is 9.02. The topological polar surface area (TPSA) is 76.5 Å². The first-order chi connectivity index (χ1) is 12.3. The lowest BCUT2D eigenvalue weighted by atomic mass is 9.93. The predicted octanol–water partition coefficient (Wildman–Crippen LogP) is 3.14. The highest BCUT2D eigenvalue weighted by atomic mass is 16.6. The van der Waals surface area contributed by atoms with E-state index in [2.05, 4.69) is 10.4 Å². The molecule has 0 radical (unpaired) electrons. The Morgan fingerprint density at radius 2 is 1.92 bits per heavy atom. The standard InChI is InChI=1S/C19H26N4O3/c1-19(2,3)26-18(25)22-10-8-14(9-11-22)12-17(24)21-23-13-20-15-6-4-5-7-16(15)23/h4-7,13-14H,8-12H2,1-3H3,(H,21,24). The predicted molar refractivity (Wildman–Crippen MR) is 99.2 cm³/mol. The molecule has 7 heteroatoms. The molecule has 1 aromatic heterocycles. The number of carbonyl (C=O) groups is 2. The molecule has 1 fully saturated rings. The van der Waals surface area contributed by atoms with Crippen molar-refractivity contribution in [3.63, 3.8) is 0 Å². The lowest BCUT2D eigenvalue weighted by Gasteiger charge is -2.33. The first-order valence-electron chi connectivity index (χ1n) is 9.02. The molecule has 0 unspecified atom stereocenters. The average Bonchev–Trinajstić information content (AvgIpc) is 2.97. The number of imidazole rings is 1. The number of para-hydroxylation sites is 2. The summed E-state index contributed by atoms with van der Waals surface area (Å²) in [7, 11) is 0. The minimum Gasteiger partial charge on any atom is -0.444 e. The van der Waals surface area contributed by atoms with Gasteiger partial charge in [-0.15, -0.1) is 0 Å². The van der Waals surface area contributed by atoms with Crippen molar-refractivity contribution in [1.29, 1.82) is 0 Å². The first kappa shape index (κ1) is 18.2. The fourth-order valence-corrected chi connectivity index (χ4v) is 3.14. The zero-order chi connectivity index (χ0) is 18.7. The summed E-state index contributed by atoms with van der Waals surface area (Å²) in [6, 6.07) is 7.66. The number of piperidine rings is 1. The van der Waals surface area contributed by atoms with Gasteiger partial charge in [0.05, 0.1) is 11.0 Å². The van der Waals surface area contributed by atoms with E-state index in [-0.39, 0.29) is 17.9 Å². The van der Waals surface area contributed by atoms with Gasteiger partial charge in [0.2, 0.25) is 5.91 Å². The second kappa shape index (κ2) is 7.35. The number of benzene rings is 1. The molecule has 7 nitrogen and oxygen atoms in total. The third kappa shape index (κ3) is 4.53. The maximum atomic E-state index is 12.4. The van der Waals surface area contributed by atoms with Gasteiger partial charge in [-0.05, 0) is 51.7 Å². The monoisotopic (exact) mass is 358 g/mol. The summed E-state index contributed by atoms with van der Waals surface area (Å²) in [6.07, 6.45) is 3.39. The van der Waals surface area contributed by atoms with E-state index in [1.54, 1.807) is 15.9 Å². The molecule has 1 aliphatic heterocycles. The molecule has 0 aliphatic carbocycles. The van der Waals surface area contributed by atoms with E-state index in [1.165, 1.54) is 0 Å². The minimum atomic E-state index is -0.485. The SMILES string of the molecule is CC(C)(C)OC(=O)N1CCC(CC(=O)Nn2cnc3ccccc32)CC1. The molecule has 140 valence electrons. The van der Waals surface area contributed by atoms with Crippen LogP contribution in [0.25, 0.3) is 11.0 Å². The Hall–Kier alpha value is -2.57. The van der Waals surface area contributed by atoms with Crippen molar-refractivity contribution in [3.8, 4) is 0 Å². The van der Waals surface area contributed by atoms with E-state index in [0.717, 1.165) is 23.9 Å². The molecule has 2 amide bonds. The highest BCUT2D eigenvalue weighted by Gasteiger charge is 2.27. The van der Waals surface area contributed by atoms with Crippen molar-refractivity contribution in [2.75, 3.05) is 18.5 Å². The smallest absolute Gasteiger partial charge is 0.410 e. The van der Waals surface area contributed by atoms with E-state index >= 15 is 0 Å². The molecule has 0 atom stereocenters. The van der Waals surface area contributed by atoms with Crippen LogP contribution < -0.4 is 5.43 Å². The maximum absolute atomic E-state index is 12.4. The maximum Gasteiger partial charge on any atom is 0.410 e. The lowest BCUT2D eigenvalue weighted by Crippen LogP contribution is -2.42. The van der Waals surface area contributed by atoms with Crippen LogP contribution in [0.5, 0.6) is 0 Å². The second-order valence-corrected chi connectivity index (χ2v) is 7.75. The minimum absolute atomic E-state index is 0.0381. The van der Waals surface area contributed by atoms with Crippen LogP contribution in [0.4, 0.5) is 4.79 Å². The Balaban J connectivity index is 1.48. The summed E-state index contributed by atoms with van der Waals surface area (Å²) in [6.45, 7) is 6.84. The van der Waals surface area contributed by atoms with Crippen LogP contribution in [0.1, 0.15) is 40.0 Å². The number of nitrogens with zero attached hydrogens (tertiary/aromatic N) is 3. The van der Waals surface area contributed by atoms with Gasteiger partial charge in [-0.2, -0.15) is 0 Å². The zero-order valence-corrected chi connectivity index (χ0v) is 15.6. The normalized spacial score (nSPS) is 15.9. The van der Waals surface area contributed by atoms with Gasteiger partial charge in [0.25, 0.3) is 0 Å². The summed E-state index contributed by atoms with van der Waals surface area (Å²) in [5, 5.41) is 0. The summed E-state index contributed by atoms with van der Waals surface area (Å²) < 4.78 is 7.06. The highest BCUT2D eigenvalue weighted by molar-refractivity contribution is 5.86. The van der Waals surface area contributed by atoms with Gasteiger partial charge in [-0.3, -0.25) is 10.2 Å². The van der Waals surface area contributed by atoms with E-state index in [1.807, 2.05) is 45.0 Å². The number of rotatable bonds is 3. The molecule has 1 saturated heterocycles. The van der Waals surface area contributed by atoms with E-state index in [9.17, 15) is 9.59 Å². The third-order valence-electron chi connectivity index (χ3n) is 4.44. The van der Waals surface area contributed by atoms with E-state index in [0.29, 0.717) is 19.5 Å². The molecule has 0 bridgehead atoms. The van der Waals surface area contributed by atoms with E-state index < -0.39 is 5.60 Å². The van der Waals surface area contributed by atoms with Crippen LogP contribution in [0.15, 0.2) is 30.6 Å². The van der Waals surface area contributed by atoms with Crippen molar-refractivity contribution < 1.29 is 14.3 Å². The number of hydrogen-bond donors (Lipinski definition) is 1. The molecule has 26 heavy (non-hydrogen) atoms. The lowest BCUT2D eigenvalue weighted by molar-refractivity contribution is -0.118. The van der Waals surface area contributed by atoms with Gasteiger partial charge >= 0.3 is 6.09 Å². The summed E-state index contributed by atoms with van der Waals surface area (Å²) >= 11 is 0. The van der Waals surface area contributed by atoms with Crippen LogP contribution in [-0.4, -0.2) is 45.3 Å². The average molecular weight is 358 g/mol. The number of aromatic nitrogens is 2. The van der Waals surface area contributed by atoms with Crippen molar-refractivity contribution in [1.82, 2.24) is 14.6 Å². The highest BCUT2D eigenvalue weighted by Crippen LogP contribution is 2.22. The number of hydrogen-bond acceptors (Lipinski definition) is 4. The van der Waals surface area contributed by atoms with Gasteiger partial charge in [-0.25, -0.2) is 14.5 Å². The molecule has 1 aliphatic rings. The number of likely N-dealkylation sites (tertiary alicyclic amines) is 1. The third-order valence-corrected chi connectivity index (χ3v) is 4.44. The summed E-state index contributed by atoms with van der Waals surface area (Å²) in [5.41, 5.74) is 4.12. The van der Waals surface area contributed by atoms with Crippen LogP contribution in [0.2, 0.25) is 0 Å². The molecular weight excluding hydrogens is 332 g/mol. The van der Waals surface area contributed by atoms with Gasteiger partial charge < -0.3 is 9.64 Å². The fraction of sp³-hybridized carbons (Fsp3) is 0.526. The Labute approximate surface area is 153 Å². The number of nitrogens with one attached hydrogen (secondary N) is 1. The number of amides is 2. The molecular formula is C19H26N4O3. The fourth-order valence-electron chi connectivity index (χ4n) is 3.14. The van der Waals surface area contributed by atoms with Crippen molar-refractivity contribution >= 4 is 23.0 Å². The Morgan fingerprint density at radius 3 is 2.62 bits per heavy atom. The van der Waals surface area contributed by atoms with Gasteiger partial charge in [-0.1, -0.05) is 12.1 Å². The summed E-state index contributed by atoms with van der Waals surface area (Å²) in [4.78, 5) is 30.4. The molecule has 2 heterocycles. The molecule has 1 aromatic carbocycles. The molecule has 3 rings (SSSR count). The summed E-state index contributed by atoms with van der Waals surface area (Å²) in [5.74, 6) is 0.229. The largest absolute Gasteiger partial charge is 0.444 e. The van der Waals surface area contributed by atoms with Gasteiger partial charge in [0.15, 0.2) is 0 Å².